The van der Waals surface area contributed by atoms with E-state index in [4.69, 9.17) is 0 Å². The van der Waals surface area contributed by atoms with Crippen molar-refractivity contribution < 1.29 is 9.59 Å². The number of carbonyl (C=O) groups is 2. The molecule has 8 heteroatoms. The summed E-state index contributed by atoms with van der Waals surface area (Å²) < 4.78 is 1.79. The highest BCUT2D eigenvalue weighted by atomic mass is 32.1. The molecule has 2 amide bonds. The van der Waals surface area contributed by atoms with Crippen molar-refractivity contribution in [3.05, 3.63) is 49.8 Å². The molecule has 162 valence electrons. The second kappa shape index (κ2) is 10.0. The van der Waals surface area contributed by atoms with Crippen LogP contribution in [-0.4, -0.2) is 39.4 Å². The van der Waals surface area contributed by atoms with Gasteiger partial charge < -0.3 is 14.8 Å². The van der Waals surface area contributed by atoms with E-state index >= 15 is 0 Å². The van der Waals surface area contributed by atoms with Gasteiger partial charge in [-0.05, 0) is 25.7 Å². The Morgan fingerprint density at radius 2 is 1.80 bits per heavy atom. The second-order valence-corrected chi connectivity index (χ2v) is 9.22. The summed E-state index contributed by atoms with van der Waals surface area (Å²) in [6.45, 7) is 8.19. The molecular weight excluding hydrogens is 400 g/mol. The topological polar surface area (TPSA) is 84.3 Å². The molecule has 30 heavy (non-hydrogen) atoms. The lowest BCUT2D eigenvalue weighted by Crippen LogP contribution is -2.38. The fourth-order valence-corrected chi connectivity index (χ4v) is 4.36. The highest BCUT2D eigenvalue weighted by molar-refractivity contribution is 7.09. The third-order valence-electron chi connectivity index (χ3n) is 5.09. The van der Waals surface area contributed by atoms with Crippen molar-refractivity contribution in [1.29, 1.82) is 0 Å². The minimum atomic E-state index is -0.503. The molecule has 3 heterocycles. The molecule has 1 N–H and O–H groups in total. The minimum absolute atomic E-state index is 0.00426. The van der Waals surface area contributed by atoms with Crippen molar-refractivity contribution in [3.8, 4) is 0 Å². The van der Waals surface area contributed by atoms with Gasteiger partial charge in [0.15, 0.2) is 0 Å². The molecule has 0 bridgehead atoms. The number of amides is 2. The van der Waals surface area contributed by atoms with E-state index in [0.29, 0.717) is 25.6 Å². The van der Waals surface area contributed by atoms with Crippen LogP contribution in [0.15, 0.2) is 22.6 Å². The minimum Gasteiger partial charge on any atom is -0.352 e. The lowest BCUT2D eigenvalue weighted by atomic mass is 10.1. The first-order valence-electron chi connectivity index (χ1n) is 10.6. The van der Waals surface area contributed by atoms with E-state index in [1.165, 1.54) is 11.3 Å². The summed E-state index contributed by atoms with van der Waals surface area (Å²) in [5, 5.41) is 5.47. The van der Waals surface area contributed by atoms with Gasteiger partial charge in [-0.25, -0.2) is 4.98 Å². The molecule has 7 nitrogen and oxygen atoms in total. The molecule has 1 fully saturated rings. The summed E-state index contributed by atoms with van der Waals surface area (Å²) in [7, 11) is 0. The van der Waals surface area contributed by atoms with Crippen LogP contribution in [0.1, 0.15) is 70.9 Å². The maximum Gasteiger partial charge on any atom is 0.259 e. The van der Waals surface area contributed by atoms with Gasteiger partial charge >= 0.3 is 0 Å². The maximum absolute atomic E-state index is 13.1. The molecular formula is C22H30N4O3S. The lowest BCUT2D eigenvalue weighted by Gasteiger charge is -2.21. The van der Waals surface area contributed by atoms with Crippen LogP contribution in [0.2, 0.25) is 0 Å². The number of likely N-dealkylation sites (tertiary alicyclic amines) is 1. The molecule has 0 aromatic carbocycles. The SMILES string of the molecule is Cc1csc(CNC(=O)c2cn(CC(C)C)cc(C(=O)N3CCCCCC3)c2=O)n1. The van der Waals surface area contributed by atoms with Crippen LogP contribution in [0.3, 0.4) is 0 Å². The van der Waals surface area contributed by atoms with Crippen LogP contribution in [0, 0.1) is 12.8 Å². The zero-order valence-electron chi connectivity index (χ0n) is 17.9. The van der Waals surface area contributed by atoms with E-state index in [1.54, 1.807) is 21.9 Å². The molecule has 2 aromatic rings. The van der Waals surface area contributed by atoms with E-state index < -0.39 is 11.3 Å². The summed E-state index contributed by atoms with van der Waals surface area (Å²) in [6.07, 6.45) is 7.25. The number of rotatable bonds is 6. The highest BCUT2D eigenvalue weighted by Gasteiger charge is 2.24. The molecule has 2 aromatic heterocycles. The van der Waals surface area contributed by atoms with Crippen LogP contribution in [-0.2, 0) is 13.1 Å². The maximum atomic E-state index is 13.1. The molecule has 1 saturated heterocycles. The van der Waals surface area contributed by atoms with Crippen LogP contribution in [0.5, 0.6) is 0 Å². The normalized spacial score (nSPS) is 14.6. The van der Waals surface area contributed by atoms with E-state index in [0.717, 1.165) is 36.4 Å². The van der Waals surface area contributed by atoms with E-state index in [9.17, 15) is 14.4 Å². The van der Waals surface area contributed by atoms with Gasteiger partial charge in [-0.15, -0.1) is 11.3 Å². The van der Waals surface area contributed by atoms with Gasteiger partial charge in [0.2, 0.25) is 5.43 Å². The van der Waals surface area contributed by atoms with Crippen molar-refractivity contribution in [2.24, 2.45) is 5.92 Å². The average molecular weight is 431 g/mol. The lowest BCUT2D eigenvalue weighted by molar-refractivity contribution is 0.0759. The van der Waals surface area contributed by atoms with Crippen LogP contribution in [0.25, 0.3) is 0 Å². The molecule has 0 saturated carbocycles. The monoisotopic (exact) mass is 430 g/mol. The van der Waals surface area contributed by atoms with Gasteiger partial charge in [0.1, 0.15) is 16.1 Å². The Kier molecular flexibility index (Phi) is 7.42. The largest absolute Gasteiger partial charge is 0.352 e. The molecule has 0 spiro atoms. The zero-order valence-corrected chi connectivity index (χ0v) is 18.8. The Labute approximate surface area is 181 Å². The second-order valence-electron chi connectivity index (χ2n) is 8.28. The molecule has 0 radical (unpaired) electrons. The van der Waals surface area contributed by atoms with Crippen LogP contribution < -0.4 is 10.7 Å². The molecule has 0 atom stereocenters. The van der Waals surface area contributed by atoms with E-state index in [2.05, 4.69) is 24.1 Å². The van der Waals surface area contributed by atoms with Gasteiger partial charge in [0.25, 0.3) is 11.8 Å². The van der Waals surface area contributed by atoms with Crippen LogP contribution in [0.4, 0.5) is 0 Å². The van der Waals surface area contributed by atoms with E-state index in [-0.39, 0.29) is 23.6 Å². The number of nitrogens with one attached hydrogen (secondary N) is 1. The quantitative estimate of drug-likeness (QED) is 0.763. The number of carbonyl (C=O) groups excluding carboxylic acids is 2. The van der Waals surface area contributed by atoms with Gasteiger partial charge in [0, 0.05) is 43.1 Å². The average Bonchev–Trinajstić information content (AvgIpc) is 2.94. The van der Waals surface area contributed by atoms with Gasteiger partial charge in [-0.2, -0.15) is 0 Å². The molecule has 3 rings (SSSR count). The summed E-state index contributed by atoms with van der Waals surface area (Å²) in [5.41, 5.74) is 0.477. The Morgan fingerprint density at radius 1 is 1.13 bits per heavy atom. The first-order valence-corrected chi connectivity index (χ1v) is 11.5. The number of hydrogen-bond acceptors (Lipinski definition) is 5. The van der Waals surface area contributed by atoms with Gasteiger partial charge in [-0.3, -0.25) is 14.4 Å². The Hall–Kier alpha value is -2.48. The van der Waals surface area contributed by atoms with Crippen molar-refractivity contribution in [3.63, 3.8) is 0 Å². The fraction of sp³-hybridized carbons (Fsp3) is 0.545. The van der Waals surface area contributed by atoms with Crippen molar-refractivity contribution in [2.45, 2.75) is 59.5 Å². The number of thiazole rings is 1. The molecule has 0 aliphatic carbocycles. The number of pyridine rings is 1. The Morgan fingerprint density at radius 3 is 2.40 bits per heavy atom. The molecule has 1 aliphatic rings. The van der Waals surface area contributed by atoms with E-state index in [1.807, 2.05) is 12.3 Å². The van der Waals surface area contributed by atoms with Crippen LogP contribution >= 0.6 is 11.3 Å². The third kappa shape index (κ3) is 5.56. The number of aromatic nitrogens is 2. The zero-order chi connectivity index (χ0) is 21.7. The Bertz CT molecular complexity index is 956. The first-order chi connectivity index (χ1) is 14.3. The number of hydrogen-bond donors (Lipinski definition) is 1. The first kappa shape index (κ1) is 22.2. The Balaban J connectivity index is 1.89. The summed E-state index contributed by atoms with van der Waals surface area (Å²) in [4.78, 5) is 45.1. The summed E-state index contributed by atoms with van der Waals surface area (Å²) in [6, 6.07) is 0. The number of nitrogens with zero attached hydrogens (tertiary/aromatic N) is 3. The predicted molar refractivity (Wildman–Crippen MR) is 118 cm³/mol. The number of aryl methyl sites for hydroxylation is 1. The molecule has 0 unspecified atom stereocenters. The summed E-state index contributed by atoms with van der Waals surface area (Å²) >= 11 is 1.46. The third-order valence-corrected chi connectivity index (χ3v) is 6.06. The van der Waals surface area contributed by atoms with Gasteiger partial charge in [0.05, 0.1) is 6.54 Å². The van der Waals surface area contributed by atoms with Gasteiger partial charge in [-0.1, -0.05) is 26.7 Å². The van der Waals surface area contributed by atoms with Crippen molar-refractivity contribution in [2.75, 3.05) is 13.1 Å². The molecule has 1 aliphatic heterocycles. The summed E-state index contributed by atoms with van der Waals surface area (Å²) in [5.74, 6) is -0.441. The van der Waals surface area contributed by atoms with Crippen molar-refractivity contribution >= 4 is 23.2 Å². The predicted octanol–water partition coefficient (Wildman–Crippen LogP) is 3.22. The smallest absolute Gasteiger partial charge is 0.259 e. The standard InChI is InChI=1S/C22H30N4O3S/c1-15(2)11-25-12-17(21(28)23-10-19-24-16(3)14-30-19)20(27)18(13-25)22(29)26-8-6-4-5-7-9-26/h12-15H,4-11H2,1-3H3,(H,23,28). The van der Waals surface area contributed by atoms with Crippen molar-refractivity contribution in [1.82, 2.24) is 19.8 Å². The fourth-order valence-electron chi connectivity index (χ4n) is 3.65. The highest BCUT2D eigenvalue weighted by Crippen LogP contribution is 2.13.